The molecule has 0 radical (unpaired) electrons. The molecule has 0 bridgehead atoms. The van der Waals surface area contributed by atoms with Crippen LogP contribution in [-0.4, -0.2) is 39.5 Å². The number of likely N-dealkylation sites (tertiary alicyclic amines) is 1. The first-order chi connectivity index (χ1) is 8.09. The van der Waals surface area contributed by atoms with Crippen LogP contribution in [0, 0.1) is 5.95 Å². The summed E-state index contributed by atoms with van der Waals surface area (Å²) in [6, 6.07) is 1.58. The van der Waals surface area contributed by atoms with E-state index in [1.165, 1.54) is 17.2 Å². The van der Waals surface area contributed by atoms with E-state index in [0.29, 0.717) is 19.4 Å². The highest BCUT2D eigenvalue weighted by Gasteiger charge is 2.34. The maximum absolute atomic E-state index is 12.9. The number of rotatable bonds is 2. The van der Waals surface area contributed by atoms with Gasteiger partial charge in [-0.05, 0) is 18.9 Å². The summed E-state index contributed by atoms with van der Waals surface area (Å²) in [6.45, 7) is 0.389. The minimum atomic E-state index is -1.02. The Kier molecular flexibility index (Phi) is 3.03. The number of carbonyl (C=O) groups excluding carboxylic acids is 1. The first kappa shape index (κ1) is 11.5. The summed E-state index contributed by atoms with van der Waals surface area (Å²) in [5, 5.41) is 8.95. The second-order valence-electron chi connectivity index (χ2n) is 3.86. The number of aromatic nitrogens is 1. The van der Waals surface area contributed by atoms with Crippen LogP contribution < -0.4 is 0 Å². The largest absolute Gasteiger partial charge is 0.480 e. The van der Waals surface area contributed by atoms with Crippen molar-refractivity contribution in [3.63, 3.8) is 0 Å². The van der Waals surface area contributed by atoms with Gasteiger partial charge in [0.1, 0.15) is 6.04 Å². The Morgan fingerprint density at radius 2 is 2.29 bits per heavy atom. The predicted octanol–water partition coefficient (Wildman–Crippen LogP) is 0.910. The molecule has 2 heterocycles. The fourth-order valence-corrected chi connectivity index (χ4v) is 1.97. The van der Waals surface area contributed by atoms with Crippen LogP contribution in [0.4, 0.5) is 4.39 Å². The molecule has 5 nitrogen and oxygen atoms in total. The molecule has 1 aliphatic rings. The third-order valence-corrected chi connectivity index (χ3v) is 2.77. The number of nitrogens with zero attached hydrogens (tertiary/aromatic N) is 2. The van der Waals surface area contributed by atoms with Crippen LogP contribution in [0.1, 0.15) is 23.2 Å². The van der Waals surface area contributed by atoms with E-state index in [-0.39, 0.29) is 5.56 Å². The number of hydrogen-bond acceptors (Lipinski definition) is 3. The molecular formula is C11H11FN2O3. The summed E-state index contributed by atoms with van der Waals surface area (Å²) >= 11 is 0. The molecule has 0 saturated carbocycles. The van der Waals surface area contributed by atoms with E-state index in [4.69, 9.17) is 5.11 Å². The Hall–Kier alpha value is -1.98. The molecule has 1 fully saturated rings. The van der Waals surface area contributed by atoms with Crippen LogP contribution in [0.2, 0.25) is 0 Å². The minimum Gasteiger partial charge on any atom is -0.480 e. The molecule has 0 aromatic carbocycles. The van der Waals surface area contributed by atoms with Crippen molar-refractivity contribution >= 4 is 11.9 Å². The highest BCUT2D eigenvalue weighted by molar-refractivity contribution is 5.96. The third-order valence-electron chi connectivity index (χ3n) is 2.77. The van der Waals surface area contributed by atoms with Gasteiger partial charge >= 0.3 is 5.97 Å². The average Bonchev–Trinajstić information content (AvgIpc) is 2.77. The normalized spacial score (nSPS) is 19.4. The molecule has 0 unspecified atom stereocenters. The lowest BCUT2D eigenvalue weighted by Gasteiger charge is -2.21. The van der Waals surface area contributed by atoms with Crippen molar-refractivity contribution in [3.8, 4) is 0 Å². The Bertz CT molecular complexity index is 464. The number of halogens is 1. The van der Waals surface area contributed by atoms with Gasteiger partial charge in [0.15, 0.2) is 0 Å². The van der Waals surface area contributed by atoms with Gasteiger partial charge in [-0.1, -0.05) is 0 Å². The van der Waals surface area contributed by atoms with Gasteiger partial charge in [0.25, 0.3) is 5.91 Å². The molecule has 1 aromatic rings. The Morgan fingerprint density at radius 1 is 1.53 bits per heavy atom. The highest BCUT2D eigenvalue weighted by atomic mass is 19.1. The van der Waals surface area contributed by atoms with Gasteiger partial charge in [-0.3, -0.25) is 4.79 Å². The molecule has 1 aliphatic heterocycles. The summed E-state index contributed by atoms with van der Waals surface area (Å²) < 4.78 is 12.9. The summed E-state index contributed by atoms with van der Waals surface area (Å²) in [4.78, 5) is 27.5. The monoisotopic (exact) mass is 238 g/mol. The summed E-state index contributed by atoms with van der Waals surface area (Å²) in [5.41, 5.74) is 0.130. The van der Waals surface area contributed by atoms with Crippen LogP contribution in [0.25, 0.3) is 0 Å². The maximum Gasteiger partial charge on any atom is 0.326 e. The van der Waals surface area contributed by atoms with Gasteiger partial charge < -0.3 is 10.0 Å². The van der Waals surface area contributed by atoms with Crippen LogP contribution in [-0.2, 0) is 4.79 Å². The lowest BCUT2D eigenvalue weighted by atomic mass is 10.2. The highest BCUT2D eigenvalue weighted by Crippen LogP contribution is 2.20. The molecule has 0 spiro atoms. The molecule has 1 saturated heterocycles. The lowest BCUT2D eigenvalue weighted by molar-refractivity contribution is -0.141. The zero-order chi connectivity index (χ0) is 12.4. The van der Waals surface area contributed by atoms with Crippen molar-refractivity contribution in [1.29, 1.82) is 0 Å². The van der Waals surface area contributed by atoms with Crippen molar-refractivity contribution in [2.75, 3.05) is 6.54 Å². The van der Waals surface area contributed by atoms with Crippen LogP contribution in [0.15, 0.2) is 18.3 Å². The van der Waals surface area contributed by atoms with Gasteiger partial charge in [-0.25, -0.2) is 9.78 Å². The number of amides is 1. The zero-order valence-corrected chi connectivity index (χ0v) is 8.97. The Balaban J connectivity index is 2.23. The SMILES string of the molecule is O=C(O)[C@@H]1CCCN1C(=O)c1ccnc(F)c1. The van der Waals surface area contributed by atoms with Crippen molar-refractivity contribution in [3.05, 3.63) is 29.8 Å². The van der Waals surface area contributed by atoms with E-state index >= 15 is 0 Å². The smallest absolute Gasteiger partial charge is 0.326 e. The average molecular weight is 238 g/mol. The quantitative estimate of drug-likeness (QED) is 0.777. The molecule has 6 heteroatoms. The Labute approximate surface area is 96.9 Å². The minimum absolute atomic E-state index is 0.130. The molecule has 1 atom stereocenters. The van der Waals surface area contributed by atoms with Crippen LogP contribution in [0.3, 0.4) is 0 Å². The van der Waals surface area contributed by atoms with E-state index in [0.717, 1.165) is 6.07 Å². The third kappa shape index (κ3) is 2.25. The first-order valence-electron chi connectivity index (χ1n) is 5.25. The second kappa shape index (κ2) is 4.48. The summed E-state index contributed by atoms with van der Waals surface area (Å²) in [6.07, 6.45) is 2.28. The van der Waals surface area contributed by atoms with E-state index in [9.17, 15) is 14.0 Å². The van der Waals surface area contributed by atoms with E-state index in [2.05, 4.69) is 4.98 Å². The number of hydrogen-bond donors (Lipinski definition) is 1. The van der Waals surface area contributed by atoms with Gasteiger partial charge in [0.2, 0.25) is 5.95 Å². The van der Waals surface area contributed by atoms with Crippen molar-refractivity contribution in [1.82, 2.24) is 9.88 Å². The maximum atomic E-state index is 12.9. The van der Waals surface area contributed by atoms with Crippen molar-refractivity contribution in [2.45, 2.75) is 18.9 Å². The fraction of sp³-hybridized carbons (Fsp3) is 0.364. The van der Waals surface area contributed by atoms with E-state index in [1.54, 1.807) is 0 Å². The van der Waals surface area contributed by atoms with E-state index < -0.39 is 23.9 Å². The van der Waals surface area contributed by atoms with Gasteiger partial charge in [-0.15, -0.1) is 0 Å². The fourth-order valence-electron chi connectivity index (χ4n) is 1.97. The second-order valence-corrected chi connectivity index (χ2v) is 3.86. The number of carboxylic acid groups (broad SMARTS) is 1. The Morgan fingerprint density at radius 3 is 2.94 bits per heavy atom. The van der Waals surface area contributed by atoms with Crippen LogP contribution in [0.5, 0.6) is 0 Å². The van der Waals surface area contributed by atoms with E-state index in [1.807, 2.05) is 0 Å². The molecule has 2 rings (SSSR count). The summed E-state index contributed by atoms with van der Waals surface area (Å²) in [5.74, 6) is -2.23. The summed E-state index contributed by atoms with van der Waals surface area (Å²) in [7, 11) is 0. The molecule has 1 amide bonds. The topological polar surface area (TPSA) is 70.5 Å². The molecular weight excluding hydrogens is 227 g/mol. The van der Waals surface area contributed by atoms with Crippen molar-refractivity contribution < 1.29 is 19.1 Å². The number of pyridine rings is 1. The zero-order valence-electron chi connectivity index (χ0n) is 8.97. The molecule has 17 heavy (non-hydrogen) atoms. The molecule has 1 aromatic heterocycles. The van der Waals surface area contributed by atoms with Crippen LogP contribution >= 0.6 is 0 Å². The standard InChI is InChI=1S/C11H11FN2O3/c12-9-6-7(3-4-13-9)10(15)14-5-1-2-8(14)11(16)17/h3-4,6,8H,1-2,5H2,(H,16,17)/t8-/m0/s1. The lowest BCUT2D eigenvalue weighted by Crippen LogP contribution is -2.40. The number of aliphatic carboxylic acids is 1. The predicted molar refractivity (Wildman–Crippen MR) is 55.9 cm³/mol. The van der Waals surface area contributed by atoms with Gasteiger partial charge in [0.05, 0.1) is 0 Å². The molecule has 0 aliphatic carbocycles. The molecule has 90 valence electrons. The number of carboxylic acids is 1. The van der Waals surface area contributed by atoms with Crippen molar-refractivity contribution in [2.24, 2.45) is 0 Å². The van der Waals surface area contributed by atoms with Gasteiger partial charge in [-0.2, -0.15) is 4.39 Å². The van der Waals surface area contributed by atoms with Gasteiger partial charge in [0, 0.05) is 24.4 Å². The molecule has 1 N–H and O–H groups in total. The first-order valence-corrected chi connectivity index (χ1v) is 5.25. The number of carbonyl (C=O) groups is 2.